The van der Waals surface area contributed by atoms with Gasteiger partial charge in [0.1, 0.15) is 0 Å². The Kier molecular flexibility index (Phi) is 6.71. The number of carbonyl (C=O) groups excluding carboxylic acids is 2. The van der Waals surface area contributed by atoms with E-state index in [0.717, 1.165) is 31.4 Å². The molecule has 1 aliphatic rings. The summed E-state index contributed by atoms with van der Waals surface area (Å²) in [6.07, 6.45) is 3.74. The predicted octanol–water partition coefficient (Wildman–Crippen LogP) is 3.10. The van der Waals surface area contributed by atoms with Gasteiger partial charge in [-0.15, -0.1) is 0 Å². The molecule has 1 heterocycles. The number of hydrogen-bond acceptors (Lipinski definition) is 2. The molecule has 5 nitrogen and oxygen atoms in total. The molecule has 6 heteroatoms. The summed E-state index contributed by atoms with van der Waals surface area (Å²) in [5.74, 6) is 0.189. The van der Waals surface area contributed by atoms with E-state index in [1.165, 1.54) is 0 Å². The normalized spacial score (nSPS) is 16.6. The molecule has 1 aromatic carbocycles. The lowest BCUT2D eigenvalue weighted by Crippen LogP contribution is -2.42. The number of hydrogen-bond donors (Lipinski definition) is 2. The predicted molar refractivity (Wildman–Crippen MR) is 91.4 cm³/mol. The highest BCUT2D eigenvalue weighted by Crippen LogP contribution is 2.21. The highest BCUT2D eigenvalue weighted by Gasteiger charge is 2.16. The molecule has 0 spiro atoms. The van der Waals surface area contributed by atoms with E-state index in [9.17, 15) is 9.59 Å². The van der Waals surface area contributed by atoms with Gasteiger partial charge in [-0.2, -0.15) is 0 Å². The van der Waals surface area contributed by atoms with Crippen molar-refractivity contribution in [3.8, 4) is 0 Å². The minimum Gasteiger partial charge on any atom is -0.341 e. The third-order valence-electron chi connectivity index (χ3n) is 4.06. The van der Waals surface area contributed by atoms with Gasteiger partial charge in [0.2, 0.25) is 5.91 Å². The van der Waals surface area contributed by atoms with Crippen LogP contribution in [0.2, 0.25) is 5.02 Å². The topological polar surface area (TPSA) is 61.4 Å². The smallest absolute Gasteiger partial charge is 0.315 e. The largest absolute Gasteiger partial charge is 0.341 e. The van der Waals surface area contributed by atoms with Gasteiger partial charge in [0.05, 0.1) is 6.04 Å². The van der Waals surface area contributed by atoms with Crippen molar-refractivity contribution in [1.82, 2.24) is 15.5 Å². The fourth-order valence-corrected chi connectivity index (χ4v) is 3.03. The van der Waals surface area contributed by atoms with Crippen LogP contribution in [-0.2, 0) is 4.79 Å². The van der Waals surface area contributed by atoms with E-state index in [-0.39, 0.29) is 18.0 Å². The van der Waals surface area contributed by atoms with Crippen molar-refractivity contribution >= 4 is 23.5 Å². The highest BCUT2D eigenvalue weighted by molar-refractivity contribution is 6.31. The first-order valence-corrected chi connectivity index (χ1v) is 8.52. The molecule has 1 atom stereocenters. The molecule has 1 aromatic rings. The van der Waals surface area contributed by atoms with E-state index in [2.05, 4.69) is 10.6 Å². The van der Waals surface area contributed by atoms with Gasteiger partial charge in [0.15, 0.2) is 0 Å². The summed E-state index contributed by atoms with van der Waals surface area (Å²) < 4.78 is 0. The lowest BCUT2D eigenvalue weighted by molar-refractivity contribution is -0.130. The van der Waals surface area contributed by atoms with E-state index >= 15 is 0 Å². The summed E-state index contributed by atoms with van der Waals surface area (Å²) in [5.41, 5.74) is 0.881. The SMILES string of the molecule is C[C@H](NC(=O)NCCN1CCCCCC1=O)c1ccccc1Cl. The van der Waals surface area contributed by atoms with Crippen molar-refractivity contribution in [1.29, 1.82) is 0 Å². The number of urea groups is 1. The Balaban J connectivity index is 1.74. The van der Waals surface area contributed by atoms with Crippen LogP contribution >= 0.6 is 11.6 Å². The average Bonchev–Trinajstić information content (AvgIpc) is 2.72. The van der Waals surface area contributed by atoms with Crippen molar-refractivity contribution in [3.05, 3.63) is 34.9 Å². The third kappa shape index (κ3) is 5.43. The number of rotatable bonds is 5. The van der Waals surface area contributed by atoms with Crippen LogP contribution in [0.4, 0.5) is 4.79 Å². The van der Waals surface area contributed by atoms with Crippen LogP contribution in [-0.4, -0.2) is 36.5 Å². The standard InChI is InChI=1S/C17H24ClN3O2/c1-13(14-7-4-5-8-15(14)18)20-17(23)19-10-12-21-11-6-2-3-9-16(21)22/h4-5,7-8,13H,2-3,6,9-12H2,1H3,(H2,19,20,23)/t13-/m0/s1. The first-order chi connectivity index (χ1) is 11.1. The fraction of sp³-hybridized carbons (Fsp3) is 0.529. The molecule has 126 valence electrons. The number of carbonyl (C=O) groups is 2. The zero-order valence-electron chi connectivity index (χ0n) is 13.5. The maximum Gasteiger partial charge on any atom is 0.315 e. The van der Waals surface area contributed by atoms with Crippen LogP contribution in [0.25, 0.3) is 0 Å². The van der Waals surface area contributed by atoms with E-state index in [1.807, 2.05) is 30.0 Å². The zero-order valence-corrected chi connectivity index (χ0v) is 14.2. The van der Waals surface area contributed by atoms with Gasteiger partial charge in [-0.25, -0.2) is 4.79 Å². The lowest BCUT2D eigenvalue weighted by Gasteiger charge is -2.21. The van der Waals surface area contributed by atoms with E-state index < -0.39 is 0 Å². The zero-order chi connectivity index (χ0) is 16.7. The molecule has 2 rings (SSSR count). The second kappa shape index (κ2) is 8.77. The second-order valence-electron chi connectivity index (χ2n) is 5.83. The quantitative estimate of drug-likeness (QED) is 0.867. The summed E-state index contributed by atoms with van der Waals surface area (Å²) in [6, 6.07) is 7.02. The van der Waals surface area contributed by atoms with Gasteiger partial charge < -0.3 is 15.5 Å². The third-order valence-corrected chi connectivity index (χ3v) is 4.40. The molecule has 0 radical (unpaired) electrons. The Morgan fingerprint density at radius 3 is 2.87 bits per heavy atom. The number of nitrogens with zero attached hydrogens (tertiary/aromatic N) is 1. The Labute approximate surface area is 142 Å². The van der Waals surface area contributed by atoms with Crippen molar-refractivity contribution in [3.63, 3.8) is 0 Å². The maximum atomic E-state index is 12.0. The minimum atomic E-state index is -0.250. The average molecular weight is 338 g/mol. The molecule has 2 N–H and O–H groups in total. The molecule has 3 amide bonds. The Hall–Kier alpha value is -1.75. The van der Waals surface area contributed by atoms with E-state index in [0.29, 0.717) is 24.5 Å². The molecule has 0 aliphatic carbocycles. The molecule has 23 heavy (non-hydrogen) atoms. The maximum absolute atomic E-state index is 12.0. The summed E-state index contributed by atoms with van der Waals surface area (Å²) in [7, 11) is 0. The van der Waals surface area contributed by atoms with Gasteiger partial charge in [-0.05, 0) is 31.4 Å². The summed E-state index contributed by atoms with van der Waals surface area (Å²) in [6.45, 7) is 3.69. The van der Waals surface area contributed by atoms with Gasteiger partial charge in [-0.1, -0.05) is 36.2 Å². The first kappa shape index (κ1) is 17.6. The number of likely N-dealkylation sites (tertiary alicyclic amines) is 1. The summed E-state index contributed by atoms with van der Waals surface area (Å²) in [4.78, 5) is 25.7. The van der Waals surface area contributed by atoms with Crippen LogP contribution in [0.15, 0.2) is 24.3 Å². The van der Waals surface area contributed by atoms with Gasteiger partial charge >= 0.3 is 6.03 Å². The van der Waals surface area contributed by atoms with E-state index in [4.69, 9.17) is 11.6 Å². The Bertz CT molecular complexity index is 550. The molecule has 0 aromatic heterocycles. The molecule has 0 saturated carbocycles. The van der Waals surface area contributed by atoms with Crippen molar-refractivity contribution < 1.29 is 9.59 Å². The monoisotopic (exact) mass is 337 g/mol. The molecule has 1 aliphatic heterocycles. The number of nitrogens with one attached hydrogen (secondary N) is 2. The van der Waals surface area contributed by atoms with Crippen molar-refractivity contribution in [2.75, 3.05) is 19.6 Å². The van der Waals surface area contributed by atoms with Crippen LogP contribution in [0.5, 0.6) is 0 Å². The molecular weight excluding hydrogens is 314 g/mol. The fourth-order valence-electron chi connectivity index (χ4n) is 2.73. The Morgan fingerprint density at radius 1 is 1.30 bits per heavy atom. The summed E-state index contributed by atoms with van der Waals surface area (Å²) in [5, 5.41) is 6.30. The van der Waals surface area contributed by atoms with Gasteiger partial charge in [0, 0.05) is 31.1 Å². The Morgan fingerprint density at radius 2 is 2.09 bits per heavy atom. The van der Waals surface area contributed by atoms with Crippen molar-refractivity contribution in [2.45, 2.75) is 38.6 Å². The number of benzene rings is 1. The number of amides is 3. The molecule has 1 fully saturated rings. The second-order valence-corrected chi connectivity index (χ2v) is 6.24. The van der Waals surface area contributed by atoms with E-state index in [1.54, 1.807) is 6.07 Å². The molecule has 1 saturated heterocycles. The first-order valence-electron chi connectivity index (χ1n) is 8.14. The molecular formula is C17H24ClN3O2. The van der Waals surface area contributed by atoms with Gasteiger partial charge in [0.25, 0.3) is 0 Å². The van der Waals surface area contributed by atoms with Crippen molar-refractivity contribution in [2.24, 2.45) is 0 Å². The van der Waals surface area contributed by atoms with Crippen LogP contribution < -0.4 is 10.6 Å². The van der Waals surface area contributed by atoms with Crippen LogP contribution in [0.1, 0.15) is 44.2 Å². The lowest BCUT2D eigenvalue weighted by atomic mass is 10.1. The van der Waals surface area contributed by atoms with Gasteiger partial charge in [-0.3, -0.25) is 4.79 Å². The highest BCUT2D eigenvalue weighted by atomic mass is 35.5. The minimum absolute atomic E-state index is 0.177. The van der Waals surface area contributed by atoms with Crippen LogP contribution in [0.3, 0.4) is 0 Å². The molecule has 0 unspecified atom stereocenters. The van der Waals surface area contributed by atoms with Crippen LogP contribution in [0, 0.1) is 0 Å². The molecule has 0 bridgehead atoms. The summed E-state index contributed by atoms with van der Waals surface area (Å²) >= 11 is 6.12. The number of halogens is 1.